The summed E-state index contributed by atoms with van der Waals surface area (Å²) in [6, 6.07) is 4.16. The lowest BCUT2D eigenvalue weighted by molar-refractivity contribution is 0.114. The Labute approximate surface area is 97.2 Å². The molecule has 1 aromatic rings. The zero-order valence-electron chi connectivity index (χ0n) is 10.1. The average Bonchev–Trinajstić information content (AvgIpc) is 2.20. The van der Waals surface area contributed by atoms with Crippen molar-refractivity contribution < 1.29 is 4.74 Å². The van der Waals surface area contributed by atoms with Gasteiger partial charge in [-0.25, -0.2) is 4.98 Å². The highest BCUT2D eigenvalue weighted by Crippen LogP contribution is 2.24. The number of aromatic nitrogens is 1. The molecule has 0 saturated heterocycles. The van der Waals surface area contributed by atoms with Crippen molar-refractivity contribution in [2.75, 3.05) is 6.54 Å². The van der Waals surface area contributed by atoms with Gasteiger partial charge in [-0.05, 0) is 44.4 Å². The highest BCUT2D eigenvalue weighted by atomic mass is 16.5. The Balaban J connectivity index is 2.02. The zero-order chi connectivity index (χ0) is 11.4. The van der Waals surface area contributed by atoms with Crippen LogP contribution in [-0.2, 0) is 6.54 Å². The molecule has 1 heterocycles. The second-order valence-electron chi connectivity index (χ2n) is 4.41. The first-order chi connectivity index (χ1) is 7.78. The Kier molecular flexibility index (Phi) is 3.78. The standard InChI is InChI=1S/C13H20N2O/c1-3-14-9-11-7-10(2)15-13(8-11)16-12-5-4-6-12/h7-8,12,14H,3-6,9H2,1-2H3. The van der Waals surface area contributed by atoms with E-state index in [0.29, 0.717) is 6.10 Å². The Morgan fingerprint density at radius 2 is 2.25 bits per heavy atom. The smallest absolute Gasteiger partial charge is 0.214 e. The zero-order valence-corrected chi connectivity index (χ0v) is 10.1. The van der Waals surface area contributed by atoms with Crippen LogP contribution in [0.25, 0.3) is 0 Å². The molecule has 3 heteroatoms. The minimum atomic E-state index is 0.404. The summed E-state index contributed by atoms with van der Waals surface area (Å²) in [5.41, 5.74) is 2.29. The molecule has 1 aromatic heterocycles. The van der Waals surface area contributed by atoms with E-state index in [4.69, 9.17) is 4.74 Å². The number of nitrogens with zero attached hydrogens (tertiary/aromatic N) is 1. The minimum Gasteiger partial charge on any atom is -0.474 e. The van der Waals surface area contributed by atoms with Crippen molar-refractivity contribution in [1.29, 1.82) is 0 Å². The van der Waals surface area contributed by atoms with Crippen LogP contribution in [0.15, 0.2) is 12.1 Å². The van der Waals surface area contributed by atoms with Crippen molar-refractivity contribution in [2.45, 2.75) is 45.8 Å². The molecule has 16 heavy (non-hydrogen) atoms. The summed E-state index contributed by atoms with van der Waals surface area (Å²) in [6.07, 6.45) is 4.05. The van der Waals surface area contributed by atoms with Gasteiger partial charge in [0.05, 0.1) is 0 Å². The third-order valence-electron chi connectivity index (χ3n) is 2.91. The maximum atomic E-state index is 5.81. The van der Waals surface area contributed by atoms with E-state index in [2.05, 4.69) is 23.3 Å². The Bertz CT molecular complexity index is 348. The summed E-state index contributed by atoms with van der Waals surface area (Å²) >= 11 is 0. The normalized spacial score (nSPS) is 15.9. The minimum absolute atomic E-state index is 0.404. The summed E-state index contributed by atoms with van der Waals surface area (Å²) in [6.45, 7) is 6.00. The lowest BCUT2D eigenvalue weighted by atomic mass is 9.96. The van der Waals surface area contributed by atoms with E-state index in [-0.39, 0.29) is 0 Å². The van der Waals surface area contributed by atoms with Gasteiger partial charge in [-0.15, -0.1) is 0 Å². The van der Waals surface area contributed by atoms with Crippen molar-refractivity contribution in [3.8, 4) is 5.88 Å². The highest BCUT2D eigenvalue weighted by molar-refractivity contribution is 5.24. The van der Waals surface area contributed by atoms with E-state index in [1.54, 1.807) is 0 Å². The molecule has 0 aromatic carbocycles. The molecule has 0 radical (unpaired) electrons. The third kappa shape index (κ3) is 2.95. The molecular formula is C13H20N2O. The summed E-state index contributed by atoms with van der Waals surface area (Å²) < 4.78 is 5.81. The van der Waals surface area contributed by atoms with Gasteiger partial charge >= 0.3 is 0 Å². The molecule has 2 rings (SSSR count). The van der Waals surface area contributed by atoms with Crippen molar-refractivity contribution in [3.05, 3.63) is 23.4 Å². The van der Waals surface area contributed by atoms with Crippen LogP contribution >= 0.6 is 0 Å². The second kappa shape index (κ2) is 5.30. The van der Waals surface area contributed by atoms with Gasteiger partial charge in [0.1, 0.15) is 6.10 Å². The quantitative estimate of drug-likeness (QED) is 0.827. The maximum absolute atomic E-state index is 5.81. The Hall–Kier alpha value is -1.09. The van der Waals surface area contributed by atoms with Crippen molar-refractivity contribution in [1.82, 2.24) is 10.3 Å². The molecule has 1 fully saturated rings. The van der Waals surface area contributed by atoms with Crippen molar-refractivity contribution in [2.24, 2.45) is 0 Å². The molecule has 0 spiro atoms. The summed E-state index contributed by atoms with van der Waals surface area (Å²) in [7, 11) is 0. The van der Waals surface area contributed by atoms with E-state index >= 15 is 0 Å². The van der Waals surface area contributed by atoms with E-state index < -0.39 is 0 Å². The first-order valence-electron chi connectivity index (χ1n) is 6.13. The van der Waals surface area contributed by atoms with Crippen LogP contribution < -0.4 is 10.1 Å². The number of aryl methyl sites for hydroxylation is 1. The lowest BCUT2D eigenvalue weighted by Crippen LogP contribution is -2.25. The van der Waals surface area contributed by atoms with Crippen LogP contribution in [-0.4, -0.2) is 17.6 Å². The maximum Gasteiger partial charge on any atom is 0.214 e. The number of hydrogen-bond donors (Lipinski definition) is 1. The molecule has 1 N–H and O–H groups in total. The van der Waals surface area contributed by atoms with Crippen molar-refractivity contribution >= 4 is 0 Å². The van der Waals surface area contributed by atoms with Crippen LogP contribution in [0.3, 0.4) is 0 Å². The predicted octanol–water partition coefficient (Wildman–Crippen LogP) is 2.43. The number of pyridine rings is 1. The van der Waals surface area contributed by atoms with Gasteiger partial charge in [0.25, 0.3) is 0 Å². The first-order valence-corrected chi connectivity index (χ1v) is 6.13. The number of rotatable bonds is 5. The lowest BCUT2D eigenvalue weighted by Gasteiger charge is -2.26. The summed E-state index contributed by atoms with van der Waals surface area (Å²) in [5, 5.41) is 3.32. The molecule has 0 aliphatic heterocycles. The van der Waals surface area contributed by atoms with Gasteiger partial charge < -0.3 is 10.1 Å². The molecule has 0 amide bonds. The molecule has 0 atom stereocenters. The summed E-state index contributed by atoms with van der Waals surface area (Å²) in [5.74, 6) is 0.789. The predicted molar refractivity (Wildman–Crippen MR) is 64.6 cm³/mol. The number of ether oxygens (including phenoxy) is 1. The van der Waals surface area contributed by atoms with Gasteiger partial charge in [-0.3, -0.25) is 0 Å². The second-order valence-corrected chi connectivity index (χ2v) is 4.41. The third-order valence-corrected chi connectivity index (χ3v) is 2.91. The van der Waals surface area contributed by atoms with Gasteiger partial charge in [0, 0.05) is 18.3 Å². The topological polar surface area (TPSA) is 34.2 Å². The first kappa shape index (κ1) is 11.4. The van der Waals surface area contributed by atoms with Gasteiger partial charge in [-0.1, -0.05) is 6.92 Å². The Morgan fingerprint density at radius 3 is 2.88 bits per heavy atom. The van der Waals surface area contributed by atoms with Gasteiger partial charge in [-0.2, -0.15) is 0 Å². The van der Waals surface area contributed by atoms with E-state index in [0.717, 1.165) is 24.7 Å². The molecular weight excluding hydrogens is 200 g/mol. The van der Waals surface area contributed by atoms with Crippen LogP contribution in [0, 0.1) is 6.92 Å². The SMILES string of the molecule is CCNCc1cc(C)nc(OC2CCC2)c1. The van der Waals surface area contributed by atoms with Crippen molar-refractivity contribution in [3.63, 3.8) is 0 Å². The molecule has 1 aliphatic carbocycles. The fraction of sp³-hybridized carbons (Fsp3) is 0.615. The molecule has 0 bridgehead atoms. The monoisotopic (exact) mass is 220 g/mol. The number of hydrogen-bond acceptors (Lipinski definition) is 3. The fourth-order valence-corrected chi connectivity index (χ4v) is 1.80. The van der Waals surface area contributed by atoms with Crippen LogP contribution in [0.5, 0.6) is 5.88 Å². The van der Waals surface area contributed by atoms with Crippen LogP contribution in [0.1, 0.15) is 37.4 Å². The van der Waals surface area contributed by atoms with Gasteiger partial charge in [0.2, 0.25) is 5.88 Å². The molecule has 88 valence electrons. The van der Waals surface area contributed by atoms with E-state index in [9.17, 15) is 0 Å². The molecule has 1 aliphatic rings. The largest absolute Gasteiger partial charge is 0.474 e. The molecule has 3 nitrogen and oxygen atoms in total. The molecule has 1 saturated carbocycles. The van der Waals surface area contributed by atoms with E-state index in [1.165, 1.54) is 24.8 Å². The van der Waals surface area contributed by atoms with Gasteiger partial charge in [0.15, 0.2) is 0 Å². The van der Waals surface area contributed by atoms with Crippen LogP contribution in [0.4, 0.5) is 0 Å². The Morgan fingerprint density at radius 1 is 1.44 bits per heavy atom. The van der Waals surface area contributed by atoms with Crippen LogP contribution in [0.2, 0.25) is 0 Å². The van der Waals surface area contributed by atoms with E-state index in [1.807, 2.05) is 13.0 Å². The summed E-state index contributed by atoms with van der Waals surface area (Å²) in [4.78, 5) is 4.41. The fourth-order valence-electron chi connectivity index (χ4n) is 1.80. The molecule has 0 unspecified atom stereocenters. The average molecular weight is 220 g/mol. The number of nitrogens with one attached hydrogen (secondary N) is 1. The highest BCUT2D eigenvalue weighted by Gasteiger charge is 2.19.